The van der Waals surface area contributed by atoms with Crippen LogP contribution >= 0.6 is 34.5 Å². The van der Waals surface area contributed by atoms with E-state index in [0.717, 1.165) is 22.5 Å². The van der Waals surface area contributed by atoms with Crippen LogP contribution in [-0.2, 0) is 16.2 Å². The van der Waals surface area contributed by atoms with Crippen molar-refractivity contribution in [2.24, 2.45) is 0 Å². The summed E-state index contributed by atoms with van der Waals surface area (Å²) in [5, 5.41) is 20.8. The van der Waals surface area contributed by atoms with Crippen molar-refractivity contribution < 1.29 is 19.4 Å². The molecule has 0 radical (unpaired) electrons. The smallest absolute Gasteiger partial charge is 0.301 e. The van der Waals surface area contributed by atoms with E-state index in [1.807, 2.05) is 31.2 Å². The molecule has 3 aromatic carbocycles. The molecule has 1 saturated heterocycles. The minimum atomic E-state index is -0.978. The van der Waals surface area contributed by atoms with Gasteiger partial charge in [0, 0.05) is 5.56 Å². The molecule has 1 unspecified atom stereocenters. The molecule has 0 spiro atoms. The number of hydrogen-bond donors (Lipinski definition) is 1. The lowest BCUT2D eigenvalue weighted by Crippen LogP contribution is -2.29. The van der Waals surface area contributed by atoms with Crippen LogP contribution in [0.4, 0.5) is 5.13 Å². The Labute approximate surface area is 232 Å². The molecule has 1 N–H and O–H groups in total. The Balaban J connectivity index is 1.52. The molecule has 0 bridgehead atoms. The van der Waals surface area contributed by atoms with Gasteiger partial charge in [0.25, 0.3) is 5.78 Å². The number of aliphatic hydroxyl groups excluding tert-OH is 1. The minimum absolute atomic E-state index is 0.0881. The van der Waals surface area contributed by atoms with Crippen molar-refractivity contribution >= 4 is 57.1 Å². The Kier molecular flexibility index (Phi) is 7.21. The van der Waals surface area contributed by atoms with Gasteiger partial charge in [0.05, 0.1) is 21.7 Å². The van der Waals surface area contributed by atoms with Crippen LogP contribution in [-0.4, -0.2) is 27.0 Å². The van der Waals surface area contributed by atoms with Crippen molar-refractivity contribution in [2.75, 3.05) is 4.90 Å². The summed E-state index contributed by atoms with van der Waals surface area (Å²) in [6.07, 6.45) is 0. The van der Waals surface area contributed by atoms with Crippen LogP contribution in [0.25, 0.3) is 5.76 Å². The maximum absolute atomic E-state index is 13.3. The Morgan fingerprint density at radius 1 is 1.00 bits per heavy atom. The fourth-order valence-corrected chi connectivity index (χ4v) is 5.23. The minimum Gasteiger partial charge on any atom is -0.507 e. The molecular weight excluding hydrogens is 545 g/mol. The predicted octanol–water partition coefficient (Wildman–Crippen LogP) is 6.67. The number of Topliss-reactive ketones (excluding diaryl/α,β-unsaturated/α-hetero) is 1. The van der Waals surface area contributed by atoms with Crippen molar-refractivity contribution in [3.63, 3.8) is 0 Å². The average molecular weight is 566 g/mol. The Bertz CT molecular complexity index is 1580. The lowest BCUT2D eigenvalue weighted by atomic mass is 9.95. The number of ether oxygens (including phenoxy) is 1. The zero-order valence-electron chi connectivity index (χ0n) is 20.3. The molecule has 2 heterocycles. The van der Waals surface area contributed by atoms with E-state index >= 15 is 0 Å². The molecular formula is C28H21Cl2N3O4S. The second kappa shape index (κ2) is 10.6. The standard InChI is InChI=1S/C28H21Cl2N3O4S/c1-15-5-3-4-6-19(15)14-37-20-10-7-17(8-11-20)25(34)23-24(18-9-12-21(29)22(30)13-18)33(27(36)26(23)35)28-32-31-16(2)38-28/h3-13,24,34H,14H2,1-2H3. The van der Waals surface area contributed by atoms with Gasteiger partial charge in [0.15, 0.2) is 0 Å². The highest BCUT2D eigenvalue weighted by Crippen LogP contribution is 2.44. The van der Waals surface area contributed by atoms with E-state index in [2.05, 4.69) is 10.2 Å². The highest BCUT2D eigenvalue weighted by Gasteiger charge is 2.48. The first-order valence-corrected chi connectivity index (χ1v) is 13.2. The van der Waals surface area contributed by atoms with E-state index < -0.39 is 17.7 Å². The summed E-state index contributed by atoms with van der Waals surface area (Å²) in [5.41, 5.74) is 2.94. The van der Waals surface area contributed by atoms with Gasteiger partial charge in [-0.2, -0.15) is 0 Å². The summed E-state index contributed by atoms with van der Waals surface area (Å²) < 4.78 is 5.90. The van der Waals surface area contributed by atoms with Crippen molar-refractivity contribution in [3.8, 4) is 5.75 Å². The Morgan fingerprint density at radius 3 is 2.39 bits per heavy atom. The number of ketones is 1. The van der Waals surface area contributed by atoms with E-state index in [-0.39, 0.29) is 21.5 Å². The zero-order chi connectivity index (χ0) is 27.0. The maximum atomic E-state index is 13.3. The number of aliphatic hydroxyl groups is 1. The fraction of sp³-hybridized carbons (Fsp3) is 0.143. The van der Waals surface area contributed by atoms with Crippen LogP contribution in [0.15, 0.2) is 72.3 Å². The van der Waals surface area contributed by atoms with Gasteiger partial charge < -0.3 is 9.84 Å². The van der Waals surface area contributed by atoms with E-state index in [9.17, 15) is 14.7 Å². The molecule has 1 aromatic heterocycles. The number of hydrogen-bond acceptors (Lipinski definition) is 7. The van der Waals surface area contributed by atoms with E-state index in [0.29, 0.717) is 33.5 Å². The third-order valence-corrected chi connectivity index (χ3v) is 7.79. The average Bonchev–Trinajstić information content (AvgIpc) is 3.45. The number of carbonyl (C=O) groups excluding carboxylic acids is 2. The topological polar surface area (TPSA) is 92.6 Å². The molecule has 5 rings (SSSR count). The number of rotatable bonds is 6. The second-order valence-electron chi connectivity index (χ2n) is 8.69. The van der Waals surface area contributed by atoms with Crippen LogP contribution in [0.3, 0.4) is 0 Å². The van der Waals surface area contributed by atoms with Crippen molar-refractivity contribution in [1.82, 2.24) is 10.2 Å². The van der Waals surface area contributed by atoms with Crippen LogP contribution in [0, 0.1) is 13.8 Å². The number of nitrogens with zero attached hydrogens (tertiary/aromatic N) is 3. The number of halogens is 2. The lowest BCUT2D eigenvalue weighted by molar-refractivity contribution is -0.132. The van der Waals surface area contributed by atoms with Crippen LogP contribution in [0.1, 0.15) is 33.3 Å². The molecule has 7 nitrogen and oxygen atoms in total. The number of anilines is 1. The van der Waals surface area contributed by atoms with Crippen molar-refractivity contribution in [1.29, 1.82) is 0 Å². The lowest BCUT2D eigenvalue weighted by Gasteiger charge is -2.23. The van der Waals surface area contributed by atoms with Crippen LogP contribution in [0.5, 0.6) is 5.75 Å². The normalized spacial score (nSPS) is 16.7. The molecule has 1 aliphatic heterocycles. The van der Waals surface area contributed by atoms with Gasteiger partial charge in [-0.15, -0.1) is 10.2 Å². The number of benzene rings is 3. The number of aryl methyl sites for hydroxylation is 2. The molecule has 1 aliphatic rings. The molecule has 10 heteroatoms. The van der Waals surface area contributed by atoms with Gasteiger partial charge >= 0.3 is 5.91 Å². The summed E-state index contributed by atoms with van der Waals surface area (Å²) in [6, 6.07) is 18.4. The van der Waals surface area contributed by atoms with Crippen molar-refractivity contribution in [3.05, 3.63) is 110 Å². The van der Waals surface area contributed by atoms with E-state index in [1.165, 1.54) is 4.90 Å². The Hall–Kier alpha value is -3.72. The number of amides is 1. The fourth-order valence-electron chi connectivity index (χ4n) is 4.21. The highest BCUT2D eigenvalue weighted by molar-refractivity contribution is 7.15. The van der Waals surface area contributed by atoms with Gasteiger partial charge in [-0.25, -0.2) is 0 Å². The molecule has 0 saturated carbocycles. The van der Waals surface area contributed by atoms with Gasteiger partial charge in [-0.1, -0.05) is 64.9 Å². The first-order valence-electron chi connectivity index (χ1n) is 11.6. The first kappa shape index (κ1) is 25.9. The van der Waals surface area contributed by atoms with Gasteiger partial charge in [0.2, 0.25) is 5.13 Å². The van der Waals surface area contributed by atoms with Gasteiger partial charge in [0.1, 0.15) is 23.1 Å². The molecule has 0 aliphatic carbocycles. The highest BCUT2D eigenvalue weighted by atomic mass is 35.5. The van der Waals surface area contributed by atoms with Crippen LogP contribution in [0.2, 0.25) is 10.0 Å². The molecule has 1 fully saturated rings. The van der Waals surface area contributed by atoms with Gasteiger partial charge in [-0.3, -0.25) is 14.5 Å². The summed E-state index contributed by atoms with van der Waals surface area (Å²) in [4.78, 5) is 27.7. The van der Waals surface area contributed by atoms with Crippen LogP contribution < -0.4 is 9.64 Å². The number of carbonyl (C=O) groups is 2. The second-order valence-corrected chi connectivity index (χ2v) is 10.7. The largest absolute Gasteiger partial charge is 0.507 e. The zero-order valence-corrected chi connectivity index (χ0v) is 22.6. The third-order valence-electron chi connectivity index (χ3n) is 6.21. The maximum Gasteiger partial charge on any atom is 0.301 e. The summed E-state index contributed by atoms with van der Waals surface area (Å²) >= 11 is 13.5. The SMILES string of the molecule is Cc1nnc(N2C(=O)C(=O)C(=C(O)c3ccc(OCc4ccccc4C)cc3)C2c2ccc(Cl)c(Cl)c2)s1. The predicted molar refractivity (Wildman–Crippen MR) is 148 cm³/mol. The third kappa shape index (κ3) is 4.90. The monoisotopic (exact) mass is 565 g/mol. The van der Waals surface area contributed by atoms with Gasteiger partial charge in [-0.05, 0) is 66.9 Å². The number of aromatic nitrogens is 2. The summed E-state index contributed by atoms with van der Waals surface area (Å²) in [7, 11) is 0. The molecule has 4 aromatic rings. The van der Waals surface area contributed by atoms with E-state index in [1.54, 1.807) is 49.4 Å². The quantitative estimate of drug-likeness (QED) is 0.159. The molecule has 1 atom stereocenters. The molecule has 38 heavy (non-hydrogen) atoms. The molecule has 1 amide bonds. The van der Waals surface area contributed by atoms with Crippen molar-refractivity contribution in [2.45, 2.75) is 26.5 Å². The first-order chi connectivity index (χ1) is 18.2. The summed E-state index contributed by atoms with van der Waals surface area (Å²) in [6.45, 7) is 4.15. The summed E-state index contributed by atoms with van der Waals surface area (Å²) in [5.74, 6) is -1.40. The Morgan fingerprint density at radius 2 is 1.74 bits per heavy atom. The van der Waals surface area contributed by atoms with E-state index in [4.69, 9.17) is 27.9 Å². The molecule has 192 valence electrons.